The molecule has 2 rings (SSSR count). The molecule has 8 nitrogen and oxygen atoms in total. The first kappa shape index (κ1) is 15.1. The first-order chi connectivity index (χ1) is 10.2. The van der Waals surface area contributed by atoms with E-state index in [1.165, 1.54) is 16.0 Å². The molecule has 112 valence electrons. The zero-order valence-electron chi connectivity index (χ0n) is 11.2. The van der Waals surface area contributed by atoms with Crippen molar-refractivity contribution in [3.8, 4) is 0 Å². The number of hydrogen-bond donors (Lipinski definition) is 3. The van der Waals surface area contributed by atoms with E-state index in [2.05, 4.69) is 21.2 Å². The van der Waals surface area contributed by atoms with Crippen molar-refractivity contribution in [2.24, 2.45) is 0 Å². The van der Waals surface area contributed by atoms with Gasteiger partial charge >= 0.3 is 0 Å². The third-order valence-electron chi connectivity index (χ3n) is 2.54. The Morgan fingerprint density at radius 2 is 2.24 bits per heavy atom. The van der Waals surface area contributed by atoms with Crippen LogP contribution in [0.2, 0.25) is 0 Å². The van der Waals surface area contributed by atoms with E-state index in [1.807, 2.05) is 0 Å². The van der Waals surface area contributed by atoms with Crippen LogP contribution in [0, 0.1) is 0 Å². The lowest BCUT2D eigenvalue weighted by Gasteiger charge is -2.05. The van der Waals surface area contributed by atoms with Gasteiger partial charge < -0.3 is 5.11 Å². The standard InChI is InChI=1S/C12H15N5O3S/c18-5-1-3-9-7-17(16-13-9)8-11(19)14-15-12(20)10-4-2-6-21-10/h2,4,6-7,18H,1,3,5,8H2,(H,14,19)(H,15,20). The molecular weight excluding hydrogens is 294 g/mol. The summed E-state index contributed by atoms with van der Waals surface area (Å²) in [4.78, 5) is 23.8. The molecule has 9 heteroatoms. The molecule has 0 spiro atoms. The average molecular weight is 309 g/mol. The summed E-state index contributed by atoms with van der Waals surface area (Å²) in [7, 11) is 0. The van der Waals surface area contributed by atoms with E-state index in [0.717, 1.165) is 0 Å². The summed E-state index contributed by atoms with van der Waals surface area (Å²) in [5.74, 6) is -0.765. The minimum Gasteiger partial charge on any atom is -0.396 e. The molecule has 0 aliphatic carbocycles. The van der Waals surface area contributed by atoms with E-state index in [1.54, 1.807) is 23.7 Å². The number of hydrazine groups is 1. The van der Waals surface area contributed by atoms with Gasteiger partial charge in [-0.2, -0.15) is 0 Å². The fourth-order valence-electron chi connectivity index (χ4n) is 1.57. The summed E-state index contributed by atoms with van der Waals surface area (Å²) >= 11 is 1.29. The van der Waals surface area contributed by atoms with Crippen LogP contribution in [-0.4, -0.2) is 38.5 Å². The molecule has 3 N–H and O–H groups in total. The van der Waals surface area contributed by atoms with E-state index in [-0.39, 0.29) is 19.1 Å². The van der Waals surface area contributed by atoms with Gasteiger partial charge in [0.15, 0.2) is 0 Å². The Morgan fingerprint density at radius 3 is 2.95 bits per heavy atom. The van der Waals surface area contributed by atoms with Gasteiger partial charge in [0.2, 0.25) is 0 Å². The lowest BCUT2D eigenvalue weighted by Crippen LogP contribution is -2.43. The maximum atomic E-state index is 11.7. The molecule has 0 aromatic carbocycles. The van der Waals surface area contributed by atoms with Crippen molar-refractivity contribution in [1.82, 2.24) is 25.8 Å². The minimum absolute atomic E-state index is 0.0448. The first-order valence-corrected chi connectivity index (χ1v) is 7.19. The summed E-state index contributed by atoms with van der Waals surface area (Å²) in [5.41, 5.74) is 5.34. The number of aliphatic hydroxyl groups excluding tert-OH is 1. The largest absolute Gasteiger partial charge is 0.396 e. The molecule has 2 aromatic rings. The number of amides is 2. The van der Waals surface area contributed by atoms with Crippen molar-refractivity contribution < 1.29 is 14.7 Å². The maximum absolute atomic E-state index is 11.7. The normalized spacial score (nSPS) is 10.3. The van der Waals surface area contributed by atoms with E-state index in [4.69, 9.17) is 5.11 Å². The molecule has 21 heavy (non-hydrogen) atoms. The topological polar surface area (TPSA) is 109 Å². The van der Waals surface area contributed by atoms with Gasteiger partial charge in [-0.05, 0) is 24.3 Å². The highest BCUT2D eigenvalue weighted by Crippen LogP contribution is 2.06. The summed E-state index contributed by atoms with van der Waals surface area (Å²) in [5, 5.41) is 18.2. The SMILES string of the molecule is O=C(Cn1cc(CCCO)nn1)NNC(=O)c1cccs1. The zero-order chi connectivity index (χ0) is 15.1. The Kier molecular flexibility index (Phi) is 5.41. The highest BCUT2D eigenvalue weighted by molar-refractivity contribution is 7.12. The number of carbonyl (C=O) groups is 2. The number of aryl methyl sites for hydroxylation is 1. The van der Waals surface area contributed by atoms with Crippen LogP contribution >= 0.6 is 11.3 Å². The van der Waals surface area contributed by atoms with Crippen molar-refractivity contribution in [3.05, 3.63) is 34.3 Å². The number of carbonyl (C=O) groups excluding carboxylic acids is 2. The summed E-state index contributed by atoms with van der Waals surface area (Å²) in [6.07, 6.45) is 2.84. The fraction of sp³-hybridized carbons (Fsp3) is 0.333. The molecule has 2 heterocycles. The third-order valence-corrected chi connectivity index (χ3v) is 3.41. The van der Waals surface area contributed by atoms with Crippen LogP contribution < -0.4 is 10.9 Å². The van der Waals surface area contributed by atoms with Crippen LogP contribution in [0.3, 0.4) is 0 Å². The second kappa shape index (κ2) is 7.50. The lowest BCUT2D eigenvalue weighted by atomic mass is 10.3. The van der Waals surface area contributed by atoms with Gasteiger partial charge in [-0.15, -0.1) is 16.4 Å². The predicted octanol–water partition coefficient (Wildman–Crippen LogP) is -0.274. The van der Waals surface area contributed by atoms with Crippen LogP contribution in [0.15, 0.2) is 23.7 Å². The molecule has 0 aliphatic heterocycles. The van der Waals surface area contributed by atoms with Gasteiger partial charge in [-0.25, -0.2) is 4.68 Å². The van der Waals surface area contributed by atoms with Gasteiger partial charge in [0.05, 0.1) is 10.6 Å². The number of thiophene rings is 1. The minimum atomic E-state index is -0.404. The van der Waals surface area contributed by atoms with Crippen LogP contribution in [0.5, 0.6) is 0 Å². The number of rotatable bonds is 6. The summed E-state index contributed by atoms with van der Waals surface area (Å²) in [6, 6.07) is 3.42. The molecule has 0 aliphatic rings. The molecule has 0 bridgehead atoms. The number of nitrogens with one attached hydrogen (secondary N) is 2. The Labute approximate surface area is 124 Å². The molecule has 0 saturated heterocycles. The first-order valence-electron chi connectivity index (χ1n) is 6.31. The maximum Gasteiger partial charge on any atom is 0.279 e. The van der Waals surface area contributed by atoms with Gasteiger partial charge in [0, 0.05) is 12.8 Å². The van der Waals surface area contributed by atoms with Gasteiger partial charge in [0.25, 0.3) is 11.8 Å². The number of nitrogens with zero attached hydrogens (tertiary/aromatic N) is 3. The Hall–Kier alpha value is -2.26. The van der Waals surface area contributed by atoms with Crippen LogP contribution in [0.4, 0.5) is 0 Å². The predicted molar refractivity (Wildman–Crippen MR) is 75.4 cm³/mol. The van der Waals surface area contributed by atoms with Crippen molar-refractivity contribution in [1.29, 1.82) is 0 Å². The molecule has 0 fully saturated rings. The summed E-state index contributed by atoms with van der Waals surface area (Å²) in [6.45, 7) is 0.0406. The highest BCUT2D eigenvalue weighted by atomic mass is 32.1. The van der Waals surface area contributed by atoms with Gasteiger partial charge in [0.1, 0.15) is 6.54 Å². The quantitative estimate of drug-likeness (QED) is 0.636. The molecule has 0 saturated carbocycles. The van der Waals surface area contributed by atoms with Crippen LogP contribution in [-0.2, 0) is 17.8 Å². The van der Waals surface area contributed by atoms with E-state index in [0.29, 0.717) is 23.4 Å². The smallest absolute Gasteiger partial charge is 0.279 e. The number of hydrogen-bond acceptors (Lipinski definition) is 6. The van der Waals surface area contributed by atoms with E-state index in [9.17, 15) is 9.59 Å². The average Bonchev–Trinajstić information content (AvgIpc) is 3.14. The monoisotopic (exact) mass is 309 g/mol. The third kappa shape index (κ3) is 4.65. The van der Waals surface area contributed by atoms with Gasteiger partial charge in [-0.1, -0.05) is 11.3 Å². The van der Waals surface area contributed by atoms with Crippen molar-refractivity contribution in [2.75, 3.05) is 6.61 Å². The van der Waals surface area contributed by atoms with Gasteiger partial charge in [-0.3, -0.25) is 20.4 Å². The van der Waals surface area contributed by atoms with E-state index < -0.39 is 5.91 Å². The molecule has 0 atom stereocenters. The Balaban J connectivity index is 1.76. The molecule has 0 unspecified atom stereocenters. The van der Waals surface area contributed by atoms with Crippen molar-refractivity contribution in [2.45, 2.75) is 19.4 Å². The second-order valence-corrected chi connectivity index (χ2v) is 5.16. The molecule has 2 aromatic heterocycles. The summed E-state index contributed by atoms with van der Waals surface area (Å²) < 4.78 is 1.37. The second-order valence-electron chi connectivity index (χ2n) is 4.21. The lowest BCUT2D eigenvalue weighted by molar-refractivity contribution is -0.122. The van der Waals surface area contributed by atoms with E-state index >= 15 is 0 Å². The Bertz CT molecular complexity index is 596. The fourth-order valence-corrected chi connectivity index (χ4v) is 2.19. The molecule has 2 amide bonds. The zero-order valence-corrected chi connectivity index (χ0v) is 12.0. The highest BCUT2D eigenvalue weighted by Gasteiger charge is 2.09. The Morgan fingerprint density at radius 1 is 1.38 bits per heavy atom. The number of aliphatic hydroxyl groups is 1. The molecular formula is C12H15N5O3S. The van der Waals surface area contributed by atoms with Crippen molar-refractivity contribution >= 4 is 23.2 Å². The number of aromatic nitrogens is 3. The molecule has 0 radical (unpaired) electrons. The van der Waals surface area contributed by atoms with Crippen LogP contribution in [0.1, 0.15) is 21.8 Å². The van der Waals surface area contributed by atoms with Crippen LogP contribution in [0.25, 0.3) is 0 Å². The van der Waals surface area contributed by atoms with Crippen molar-refractivity contribution in [3.63, 3.8) is 0 Å².